The molecule has 0 radical (unpaired) electrons. The zero-order chi connectivity index (χ0) is 29.8. The number of esters is 4. The standard InChI is InChI=1S/C14H18O5.C9H10O3.C5H10O3/c1-4-18-13(15)10(2)19-14(16)12(17-3)11-8-6-5-7-9-11;1-12-9(11)8(10)7-5-3-2-4-6-7;1-3-8-5(7)4(2)6/h5-10,12H,4H2,1-3H3;2-6,8,10H,1H3;4,6H,3H2,1-2H3/t10-,12-;8-;4-/m000/s1. The van der Waals surface area contributed by atoms with Gasteiger partial charge >= 0.3 is 23.9 Å². The third-order valence-electron chi connectivity index (χ3n) is 4.63. The number of methoxy groups -OCH3 is 2. The zero-order valence-electron chi connectivity index (χ0n) is 23.1. The smallest absolute Gasteiger partial charge is 0.347 e. The Bertz CT molecular complexity index is 978. The van der Waals surface area contributed by atoms with Crippen molar-refractivity contribution in [2.75, 3.05) is 27.4 Å². The fraction of sp³-hybridized carbons (Fsp3) is 0.429. The largest absolute Gasteiger partial charge is 0.467 e. The molecule has 0 amide bonds. The normalized spacial score (nSPS) is 12.9. The molecule has 4 atom stereocenters. The maximum Gasteiger partial charge on any atom is 0.347 e. The number of rotatable bonds is 10. The summed E-state index contributed by atoms with van der Waals surface area (Å²) in [6.45, 7) is 6.79. The number of ether oxygens (including phenoxy) is 5. The number of aliphatic hydroxyl groups is 2. The molecule has 2 N–H and O–H groups in total. The topological polar surface area (TPSA) is 155 Å². The van der Waals surface area contributed by atoms with E-state index in [0.29, 0.717) is 17.7 Å². The average molecular weight is 551 g/mol. The monoisotopic (exact) mass is 550 g/mol. The van der Waals surface area contributed by atoms with E-state index in [1.54, 1.807) is 62.4 Å². The molecule has 0 aliphatic heterocycles. The van der Waals surface area contributed by atoms with Gasteiger partial charge in [0.05, 0.1) is 20.3 Å². The molecule has 0 fully saturated rings. The van der Waals surface area contributed by atoms with Crippen molar-refractivity contribution in [1.82, 2.24) is 0 Å². The van der Waals surface area contributed by atoms with Crippen molar-refractivity contribution in [2.45, 2.75) is 52.1 Å². The van der Waals surface area contributed by atoms with E-state index in [1.165, 1.54) is 28.1 Å². The van der Waals surface area contributed by atoms with Gasteiger partial charge in [-0.1, -0.05) is 60.7 Å². The summed E-state index contributed by atoms with van der Waals surface area (Å²) in [6.07, 6.45) is -3.96. The molecule has 2 aromatic rings. The highest BCUT2D eigenvalue weighted by Gasteiger charge is 2.26. The van der Waals surface area contributed by atoms with Crippen LogP contribution in [0, 0.1) is 0 Å². The van der Waals surface area contributed by atoms with Crippen LogP contribution in [0.4, 0.5) is 0 Å². The van der Waals surface area contributed by atoms with Crippen molar-refractivity contribution in [2.24, 2.45) is 0 Å². The molecule has 0 bridgehead atoms. The number of benzene rings is 2. The second kappa shape index (κ2) is 20.2. The van der Waals surface area contributed by atoms with Crippen LogP contribution < -0.4 is 0 Å². The van der Waals surface area contributed by atoms with Crippen LogP contribution in [0.3, 0.4) is 0 Å². The quantitative estimate of drug-likeness (QED) is 0.331. The Hall–Kier alpha value is -3.80. The van der Waals surface area contributed by atoms with Crippen molar-refractivity contribution < 1.29 is 53.1 Å². The number of hydrogen-bond donors (Lipinski definition) is 2. The lowest BCUT2D eigenvalue weighted by Gasteiger charge is -2.17. The predicted octanol–water partition coefficient (Wildman–Crippen LogP) is 2.69. The highest BCUT2D eigenvalue weighted by molar-refractivity contribution is 5.82. The number of hydrogen-bond acceptors (Lipinski definition) is 11. The summed E-state index contributed by atoms with van der Waals surface area (Å²) >= 11 is 0. The summed E-state index contributed by atoms with van der Waals surface area (Å²) in [5, 5.41) is 17.8. The first-order valence-electron chi connectivity index (χ1n) is 12.1. The van der Waals surface area contributed by atoms with Gasteiger partial charge in [-0.25, -0.2) is 19.2 Å². The Morgan fingerprint density at radius 3 is 1.54 bits per heavy atom. The van der Waals surface area contributed by atoms with Gasteiger partial charge in [-0.05, 0) is 38.8 Å². The van der Waals surface area contributed by atoms with Crippen LogP contribution in [-0.2, 0) is 42.9 Å². The molecule has 0 saturated carbocycles. The minimum absolute atomic E-state index is 0.243. The van der Waals surface area contributed by atoms with Crippen LogP contribution in [0.2, 0.25) is 0 Å². The minimum atomic E-state index is -1.17. The van der Waals surface area contributed by atoms with Gasteiger partial charge in [0.15, 0.2) is 18.3 Å². The molecule has 0 spiro atoms. The van der Waals surface area contributed by atoms with Crippen LogP contribution in [-0.4, -0.2) is 73.7 Å². The van der Waals surface area contributed by atoms with Crippen LogP contribution in [0.1, 0.15) is 51.0 Å². The summed E-state index contributed by atoms with van der Waals surface area (Å²) in [7, 11) is 2.66. The highest BCUT2D eigenvalue weighted by Crippen LogP contribution is 2.18. The Balaban J connectivity index is 0.000000616. The Labute approximate surface area is 228 Å². The third-order valence-corrected chi connectivity index (χ3v) is 4.63. The molecule has 2 aromatic carbocycles. The third kappa shape index (κ3) is 14.1. The fourth-order valence-corrected chi connectivity index (χ4v) is 2.69. The summed E-state index contributed by atoms with van der Waals surface area (Å²) in [5.74, 6) is -2.39. The van der Waals surface area contributed by atoms with Gasteiger partial charge in [0.2, 0.25) is 0 Å². The fourth-order valence-electron chi connectivity index (χ4n) is 2.69. The van der Waals surface area contributed by atoms with E-state index in [-0.39, 0.29) is 6.61 Å². The molecule has 0 aliphatic carbocycles. The van der Waals surface area contributed by atoms with Gasteiger partial charge in [0, 0.05) is 7.11 Å². The molecule has 2 rings (SSSR count). The molecule has 0 saturated heterocycles. The van der Waals surface area contributed by atoms with Crippen LogP contribution in [0.25, 0.3) is 0 Å². The van der Waals surface area contributed by atoms with E-state index in [9.17, 15) is 24.3 Å². The maximum atomic E-state index is 11.9. The van der Waals surface area contributed by atoms with Crippen molar-refractivity contribution in [3.8, 4) is 0 Å². The van der Waals surface area contributed by atoms with Crippen LogP contribution in [0.15, 0.2) is 60.7 Å². The molecule has 0 aromatic heterocycles. The Kier molecular flexibility index (Phi) is 18.2. The van der Waals surface area contributed by atoms with Crippen LogP contribution >= 0.6 is 0 Å². The highest BCUT2D eigenvalue weighted by atomic mass is 16.6. The lowest BCUT2D eigenvalue weighted by atomic mass is 10.1. The molecule has 11 nitrogen and oxygen atoms in total. The molecule has 0 heterocycles. The number of carbonyl (C=O) groups excluding carboxylic acids is 4. The molecule has 0 unspecified atom stereocenters. The second-order valence-electron chi connectivity index (χ2n) is 7.62. The van der Waals surface area contributed by atoms with Gasteiger partial charge in [-0.2, -0.15) is 0 Å². The predicted molar refractivity (Wildman–Crippen MR) is 140 cm³/mol. The van der Waals surface area contributed by atoms with Crippen molar-refractivity contribution in [3.63, 3.8) is 0 Å². The summed E-state index contributed by atoms with van der Waals surface area (Å²) < 4.78 is 23.7. The molecular weight excluding hydrogens is 512 g/mol. The molecular formula is C28H38O11. The minimum Gasteiger partial charge on any atom is -0.467 e. The van der Waals surface area contributed by atoms with Crippen molar-refractivity contribution in [3.05, 3.63) is 71.8 Å². The molecule has 0 aliphatic rings. The van der Waals surface area contributed by atoms with E-state index in [1.807, 2.05) is 12.1 Å². The van der Waals surface area contributed by atoms with Crippen molar-refractivity contribution in [1.29, 1.82) is 0 Å². The van der Waals surface area contributed by atoms with Gasteiger partial charge in [-0.3, -0.25) is 0 Å². The summed E-state index contributed by atoms with van der Waals surface area (Å²) in [5.41, 5.74) is 1.22. The Morgan fingerprint density at radius 1 is 0.692 bits per heavy atom. The van der Waals surface area contributed by atoms with Gasteiger partial charge in [0.25, 0.3) is 0 Å². The van der Waals surface area contributed by atoms with Gasteiger partial charge in [-0.15, -0.1) is 0 Å². The lowest BCUT2D eigenvalue weighted by Crippen LogP contribution is -2.29. The van der Waals surface area contributed by atoms with Crippen molar-refractivity contribution >= 4 is 23.9 Å². The van der Waals surface area contributed by atoms with E-state index in [4.69, 9.17) is 19.3 Å². The van der Waals surface area contributed by atoms with Gasteiger partial charge in [0.1, 0.15) is 6.10 Å². The number of aliphatic hydroxyl groups excluding tert-OH is 2. The Morgan fingerprint density at radius 2 is 1.15 bits per heavy atom. The molecule has 11 heteroatoms. The second-order valence-corrected chi connectivity index (χ2v) is 7.62. The number of carbonyl (C=O) groups is 4. The first-order chi connectivity index (χ1) is 18.5. The van der Waals surface area contributed by atoms with E-state index in [0.717, 1.165) is 0 Å². The van der Waals surface area contributed by atoms with Gasteiger partial charge < -0.3 is 33.9 Å². The molecule has 39 heavy (non-hydrogen) atoms. The SMILES string of the molecule is CCOC(=O)[C@H](C)O.CCOC(=O)[C@H](C)OC(=O)[C@@H](OC)c1ccccc1.COC(=O)[C@@H](O)c1ccccc1. The average Bonchev–Trinajstić information content (AvgIpc) is 2.94. The zero-order valence-corrected chi connectivity index (χ0v) is 23.1. The summed E-state index contributed by atoms with van der Waals surface area (Å²) in [6, 6.07) is 17.6. The summed E-state index contributed by atoms with van der Waals surface area (Å²) in [4.78, 5) is 44.4. The first-order valence-corrected chi connectivity index (χ1v) is 12.1. The van der Waals surface area contributed by atoms with Crippen LogP contribution in [0.5, 0.6) is 0 Å². The van der Waals surface area contributed by atoms with E-state index >= 15 is 0 Å². The lowest BCUT2D eigenvalue weighted by molar-refractivity contribution is -0.173. The van der Waals surface area contributed by atoms with E-state index < -0.39 is 48.3 Å². The van der Waals surface area contributed by atoms with E-state index in [2.05, 4.69) is 9.47 Å². The first kappa shape index (κ1) is 35.2. The molecule has 216 valence electrons. The maximum absolute atomic E-state index is 11.9.